The Balaban J connectivity index is 0.00000622. The fourth-order valence-corrected chi connectivity index (χ4v) is 10.7. The summed E-state index contributed by atoms with van der Waals surface area (Å²) >= 11 is 0. The molecule has 0 saturated carbocycles. The molecule has 0 radical (unpaired) electrons. The molecule has 2 nitrogen and oxygen atoms in total. The van der Waals surface area contributed by atoms with Crippen LogP contribution in [0.2, 0.25) is 0 Å². The lowest BCUT2D eigenvalue weighted by Gasteiger charge is -2.27. The zero-order chi connectivity index (χ0) is 42.0. The van der Waals surface area contributed by atoms with Gasteiger partial charge in [-0.15, -0.1) is 0 Å². The van der Waals surface area contributed by atoms with E-state index in [2.05, 4.69) is 154 Å². The summed E-state index contributed by atoms with van der Waals surface area (Å²) in [5, 5.41) is 5.47. The van der Waals surface area contributed by atoms with Crippen LogP contribution in [0.25, 0.3) is 21.5 Å². The maximum absolute atomic E-state index is 2.71. The van der Waals surface area contributed by atoms with E-state index in [1.807, 2.05) is 0 Å². The third-order valence-electron chi connectivity index (χ3n) is 14.2. The van der Waals surface area contributed by atoms with Crippen molar-refractivity contribution in [2.24, 2.45) is 0 Å². The maximum atomic E-state index is 2.71. The van der Waals surface area contributed by atoms with Crippen LogP contribution in [0.15, 0.2) is 120 Å². The number of halogens is 1. The van der Waals surface area contributed by atoms with Crippen molar-refractivity contribution in [1.82, 2.24) is 0 Å². The number of benzene rings is 4. The highest BCUT2D eigenvalue weighted by Crippen LogP contribution is 2.51. The van der Waals surface area contributed by atoms with Gasteiger partial charge in [-0.3, -0.25) is 0 Å². The van der Waals surface area contributed by atoms with E-state index >= 15 is 0 Å². The number of allylic oxidation sites excluding steroid dienone is 8. The van der Waals surface area contributed by atoms with Crippen molar-refractivity contribution in [3.05, 3.63) is 131 Å². The van der Waals surface area contributed by atoms with Gasteiger partial charge in [-0.2, -0.15) is 4.58 Å². The first-order valence-corrected chi connectivity index (χ1v) is 24.5. The average Bonchev–Trinajstić information content (AvgIpc) is 3.62. The Bertz CT molecular complexity index is 2240. The Morgan fingerprint density at radius 3 is 1.82 bits per heavy atom. The number of anilines is 1. The number of rotatable bonds is 21. The molecule has 61 heavy (non-hydrogen) atoms. The van der Waals surface area contributed by atoms with Gasteiger partial charge in [0, 0.05) is 41.1 Å². The zero-order valence-corrected chi connectivity index (χ0v) is 41.1. The molecule has 7 rings (SSSR count). The third kappa shape index (κ3) is 10.9. The predicted octanol–water partition coefficient (Wildman–Crippen LogP) is 13.9. The first-order valence-electron chi connectivity index (χ1n) is 24.5. The molecule has 2 heterocycles. The van der Waals surface area contributed by atoms with Gasteiger partial charge >= 0.3 is 0 Å². The van der Waals surface area contributed by atoms with Crippen LogP contribution < -0.4 is 28.9 Å². The smallest absolute Gasteiger partial charge is 0.217 e. The van der Waals surface area contributed by atoms with Crippen LogP contribution in [0.3, 0.4) is 0 Å². The average molecular weight is 929 g/mol. The highest BCUT2D eigenvalue weighted by molar-refractivity contribution is 6.07. The summed E-state index contributed by atoms with van der Waals surface area (Å²) in [6.45, 7) is 16.6. The maximum Gasteiger partial charge on any atom is 0.217 e. The molecule has 0 amide bonds. The lowest BCUT2D eigenvalue weighted by Crippen LogP contribution is -3.00. The summed E-state index contributed by atoms with van der Waals surface area (Å²) in [4.78, 5) is 2.71. The molecular weight excluding hydrogens is 852 g/mol. The first-order chi connectivity index (χ1) is 29.3. The minimum absolute atomic E-state index is 0. The fraction of sp³-hybridized carbons (Fsp3) is 0.500. The molecule has 2 aliphatic heterocycles. The Kier molecular flexibility index (Phi) is 17.2. The lowest BCUT2D eigenvalue weighted by molar-refractivity contribution is -0.436. The molecule has 0 unspecified atom stereocenters. The van der Waals surface area contributed by atoms with Gasteiger partial charge in [0.05, 0.1) is 16.5 Å². The Labute approximate surface area is 388 Å². The number of fused-ring (bicyclic) bond motifs is 6. The molecule has 0 bridgehead atoms. The summed E-state index contributed by atoms with van der Waals surface area (Å²) in [5.74, 6) is 0. The van der Waals surface area contributed by atoms with Crippen LogP contribution in [0.5, 0.6) is 0 Å². The molecular formula is C58H77IN2. The van der Waals surface area contributed by atoms with Crippen molar-refractivity contribution in [3.8, 4) is 0 Å². The summed E-state index contributed by atoms with van der Waals surface area (Å²) in [7, 11) is 0. The summed E-state index contributed by atoms with van der Waals surface area (Å²) in [6, 6.07) is 27.6. The Morgan fingerprint density at radius 2 is 1.15 bits per heavy atom. The van der Waals surface area contributed by atoms with Crippen molar-refractivity contribution in [1.29, 1.82) is 0 Å². The van der Waals surface area contributed by atoms with Crippen molar-refractivity contribution in [3.63, 3.8) is 0 Å². The van der Waals surface area contributed by atoms with E-state index < -0.39 is 0 Å². The zero-order valence-electron chi connectivity index (χ0n) is 38.9. The highest BCUT2D eigenvalue weighted by Gasteiger charge is 2.45. The van der Waals surface area contributed by atoms with Gasteiger partial charge in [0.25, 0.3) is 0 Å². The summed E-state index contributed by atoms with van der Waals surface area (Å²) in [6.07, 6.45) is 37.5. The minimum Gasteiger partial charge on any atom is -1.00 e. The fourth-order valence-electron chi connectivity index (χ4n) is 10.7. The molecule has 0 aromatic heterocycles. The largest absolute Gasteiger partial charge is 1.00 e. The van der Waals surface area contributed by atoms with Gasteiger partial charge < -0.3 is 28.9 Å². The third-order valence-corrected chi connectivity index (χ3v) is 14.2. The first kappa shape index (κ1) is 47.0. The van der Waals surface area contributed by atoms with Crippen molar-refractivity contribution >= 4 is 38.6 Å². The SMILES string of the molecule is CCCCCCCCCCN1C(=CC=C2C=C(C=CC3=[N+](CCCCCCCCCC)c4c(ccc5ccccc45)C3(C)C)CCC2)C(C)(C)c2ccc3ccccc3c21.[I-]. The van der Waals surface area contributed by atoms with E-state index in [1.54, 1.807) is 0 Å². The summed E-state index contributed by atoms with van der Waals surface area (Å²) < 4.78 is 2.71. The molecule has 3 aliphatic rings. The minimum atomic E-state index is -0.0555. The number of nitrogens with zero attached hydrogens (tertiary/aromatic N) is 2. The van der Waals surface area contributed by atoms with Crippen molar-refractivity contribution < 1.29 is 28.6 Å². The standard InChI is InChI=1S/C58H77N2.HI/c1-7-9-11-13-15-17-19-25-42-59-53(57(3,4)51-38-36-47-30-21-23-32-49(47)55(51)59)40-34-45-28-27-29-46(44-45)35-41-54-58(5,6)52-39-37-48-31-22-24-33-50(48)56(52)60(54)43-26-20-18-16-14-12-10-8-2;/h21-24,30-41,44H,7-20,25-29,42-43H2,1-6H3;1H/q+1;/p-1. The van der Waals surface area contributed by atoms with Gasteiger partial charge in [0.15, 0.2) is 5.71 Å². The molecule has 0 atom stereocenters. The van der Waals surface area contributed by atoms with Crippen LogP contribution in [-0.2, 0) is 10.8 Å². The monoisotopic (exact) mass is 929 g/mol. The quantitative estimate of drug-likeness (QED) is 0.0458. The molecule has 3 heteroatoms. The lowest BCUT2D eigenvalue weighted by atomic mass is 9.80. The van der Waals surface area contributed by atoms with E-state index in [4.69, 9.17) is 0 Å². The van der Waals surface area contributed by atoms with Gasteiger partial charge in [0.2, 0.25) is 5.69 Å². The van der Waals surface area contributed by atoms with E-state index in [1.165, 1.54) is 176 Å². The van der Waals surface area contributed by atoms with Gasteiger partial charge in [0.1, 0.15) is 6.54 Å². The van der Waals surface area contributed by atoms with E-state index in [9.17, 15) is 0 Å². The second-order valence-corrected chi connectivity index (χ2v) is 19.5. The summed E-state index contributed by atoms with van der Waals surface area (Å²) in [5.41, 5.74) is 11.5. The molecule has 0 spiro atoms. The molecule has 4 aromatic carbocycles. The molecule has 1 aliphatic carbocycles. The van der Waals surface area contributed by atoms with Crippen molar-refractivity contribution in [2.45, 2.75) is 174 Å². The van der Waals surface area contributed by atoms with Gasteiger partial charge in [-0.05, 0) is 85.6 Å². The Morgan fingerprint density at radius 1 is 0.574 bits per heavy atom. The Hall–Kier alpha value is -3.44. The number of hydrogen-bond acceptors (Lipinski definition) is 1. The second kappa shape index (κ2) is 22.3. The molecule has 326 valence electrons. The predicted molar refractivity (Wildman–Crippen MR) is 264 cm³/mol. The van der Waals surface area contributed by atoms with E-state index in [0.29, 0.717) is 0 Å². The molecule has 0 saturated heterocycles. The van der Waals surface area contributed by atoms with Crippen LogP contribution in [0.1, 0.15) is 175 Å². The van der Waals surface area contributed by atoms with Crippen LogP contribution >= 0.6 is 0 Å². The highest BCUT2D eigenvalue weighted by atomic mass is 127. The molecule has 0 fully saturated rings. The van der Waals surface area contributed by atoms with Crippen LogP contribution in [-0.4, -0.2) is 23.4 Å². The number of unbranched alkanes of at least 4 members (excludes halogenated alkanes) is 14. The normalized spacial score (nSPS) is 18.1. The van der Waals surface area contributed by atoms with Crippen LogP contribution in [0, 0.1) is 0 Å². The van der Waals surface area contributed by atoms with Gasteiger partial charge in [-0.25, -0.2) is 0 Å². The topological polar surface area (TPSA) is 6.25 Å². The number of hydrogen-bond donors (Lipinski definition) is 0. The second-order valence-electron chi connectivity index (χ2n) is 19.5. The molecule has 4 aromatic rings. The van der Waals surface area contributed by atoms with Gasteiger partial charge in [-0.1, -0.05) is 196 Å². The van der Waals surface area contributed by atoms with Crippen LogP contribution in [0.4, 0.5) is 11.4 Å². The van der Waals surface area contributed by atoms with Crippen molar-refractivity contribution in [2.75, 3.05) is 18.0 Å². The molecule has 0 N–H and O–H groups in total. The van der Waals surface area contributed by atoms with E-state index in [0.717, 1.165) is 25.9 Å². The van der Waals surface area contributed by atoms with E-state index in [-0.39, 0.29) is 34.8 Å².